The van der Waals surface area contributed by atoms with Crippen LogP contribution in [-0.4, -0.2) is 38.2 Å². The molecule has 4 rings (SSSR count). The number of benzene rings is 1. The molecule has 22 heavy (non-hydrogen) atoms. The smallest absolute Gasteiger partial charge is 0.302 e. The molecule has 0 bridgehead atoms. The quantitative estimate of drug-likeness (QED) is 0.769. The van der Waals surface area contributed by atoms with E-state index in [2.05, 4.69) is 30.4 Å². The van der Waals surface area contributed by atoms with Crippen molar-refractivity contribution in [2.24, 2.45) is 0 Å². The van der Waals surface area contributed by atoms with Gasteiger partial charge in [0.2, 0.25) is 5.95 Å². The fraction of sp³-hybridized carbons (Fsp3) is 0.357. The molecule has 1 fully saturated rings. The van der Waals surface area contributed by atoms with Gasteiger partial charge in [0.05, 0.1) is 11.6 Å². The summed E-state index contributed by atoms with van der Waals surface area (Å²) in [6, 6.07) is 5.78. The molecule has 2 N–H and O–H groups in total. The summed E-state index contributed by atoms with van der Waals surface area (Å²) in [6.45, 7) is 3.02. The van der Waals surface area contributed by atoms with Crippen LogP contribution in [0, 0.1) is 0 Å². The van der Waals surface area contributed by atoms with Crippen LogP contribution >= 0.6 is 11.6 Å². The summed E-state index contributed by atoms with van der Waals surface area (Å²) < 4.78 is 5.59. The first-order valence-electron chi connectivity index (χ1n) is 7.24. The SMILES string of the molecule is Clc1cccc2nc(Nc3nnc(CN4CCCC4)[nH]3)oc12. The third-order valence-corrected chi connectivity index (χ3v) is 4.00. The zero-order chi connectivity index (χ0) is 14.9. The molecule has 0 amide bonds. The number of H-pyrrole nitrogens is 1. The Kier molecular flexibility index (Phi) is 3.44. The van der Waals surface area contributed by atoms with Crippen LogP contribution in [0.4, 0.5) is 12.0 Å². The molecule has 1 aliphatic rings. The van der Waals surface area contributed by atoms with Gasteiger partial charge in [-0.15, -0.1) is 10.2 Å². The summed E-state index contributed by atoms with van der Waals surface area (Å²) in [4.78, 5) is 9.81. The van der Waals surface area contributed by atoms with E-state index in [0.29, 0.717) is 28.1 Å². The third-order valence-electron chi connectivity index (χ3n) is 3.70. The summed E-state index contributed by atoms with van der Waals surface area (Å²) in [5.74, 6) is 1.34. The van der Waals surface area contributed by atoms with Crippen LogP contribution in [0.3, 0.4) is 0 Å². The maximum atomic E-state index is 6.07. The minimum Gasteiger partial charge on any atom is -0.422 e. The topological polar surface area (TPSA) is 82.9 Å². The molecule has 0 spiro atoms. The zero-order valence-corrected chi connectivity index (χ0v) is 12.6. The predicted molar refractivity (Wildman–Crippen MR) is 83.2 cm³/mol. The number of para-hydroxylation sites is 1. The summed E-state index contributed by atoms with van der Waals surface area (Å²) in [7, 11) is 0. The van der Waals surface area contributed by atoms with Crippen molar-refractivity contribution in [1.82, 2.24) is 25.1 Å². The number of nitrogens with one attached hydrogen (secondary N) is 2. The Hall–Kier alpha value is -2.12. The second kappa shape index (κ2) is 5.58. The lowest BCUT2D eigenvalue weighted by atomic mass is 10.3. The lowest BCUT2D eigenvalue weighted by Crippen LogP contribution is -2.19. The van der Waals surface area contributed by atoms with Crippen molar-refractivity contribution in [3.05, 3.63) is 29.0 Å². The molecule has 7 nitrogen and oxygen atoms in total. The second-order valence-corrected chi connectivity index (χ2v) is 5.74. The highest BCUT2D eigenvalue weighted by Crippen LogP contribution is 2.27. The Balaban J connectivity index is 1.50. The Morgan fingerprint density at radius 3 is 2.95 bits per heavy atom. The second-order valence-electron chi connectivity index (χ2n) is 5.34. The first-order valence-corrected chi connectivity index (χ1v) is 7.62. The van der Waals surface area contributed by atoms with Crippen molar-refractivity contribution < 1.29 is 4.42 Å². The standard InChI is InChI=1S/C14H15ClN6O/c15-9-4-3-5-10-12(9)22-14(16-10)18-13-17-11(19-20-13)8-21-6-1-2-7-21/h3-5H,1-2,6-8H2,(H2,16,17,18,19,20). The van der Waals surface area contributed by atoms with Crippen LogP contribution in [-0.2, 0) is 6.54 Å². The van der Waals surface area contributed by atoms with E-state index in [0.717, 1.165) is 25.5 Å². The molecule has 1 aromatic carbocycles. The number of fused-ring (bicyclic) bond motifs is 1. The fourth-order valence-electron chi connectivity index (χ4n) is 2.65. The highest BCUT2D eigenvalue weighted by molar-refractivity contribution is 6.34. The molecule has 0 atom stereocenters. The van der Waals surface area contributed by atoms with Crippen molar-refractivity contribution in [2.45, 2.75) is 19.4 Å². The van der Waals surface area contributed by atoms with Gasteiger partial charge in [0.15, 0.2) is 5.58 Å². The van der Waals surface area contributed by atoms with Gasteiger partial charge in [0, 0.05) is 0 Å². The molecule has 2 aromatic heterocycles. The van der Waals surface area contributed by atoms with E-state index in [9.17, 15) is 0 Å². The van der Waals surface area contributed by atoms with Crippen molar-refractivity contribution in [2.75, 3.05) is 18.4 Å². The first-order chi connectivity index (χ1) is 10.8. The predicted octanol–water partition coefficient (Wildman–Crippen LogP) is 2.94. The Morgan fingerprint density at radius 1 is 1.27 bits per heavy atom. The maximum Gasteiger partial charge on any atom is 0.302 e. The van der Waals surface area contributed by atoms with Crippen molar-refractivity contribution in [1.29, 1.82) is 0 Å². The van der Waals surface area contributed by atoms with Crippen LogP contribution in [0.2, 0.25) is 5.02 Å². The van der Waals surface area contributed by atoms with E-state index < -0.39 is 0 Å². The average molecular weight is 319 g/mol. The third kappa shape index (κ3) is 2.65. The molecular formula is C14H15ClN6O. The van der Waals surface area contributed by atoms with Gasteiger partial charge in [-0.2, -0.15) is 4.98 Å². The summed E-state index contributed by atoms with van der Waals surface area (Å²) in [6.07, 6.45) is 2.51. The summed E-state index contributed by atoms with van der Waals surface area (Å²) >= 11 is 6.07. The number of hydrogen-bond donors (Lipinski definition) is 2. The van der Waals surface area contributed by atoms with Gasteiger partial charge in [-0.25, -0.2) is 0 Å². The molecule has 0 radical (unpaired) electrons. The van der Waals surface area contributed by atoms with E-state index in [1.54, 1.807) is 6.07 Å². The van der Waals surface area contributed by atoms with Crippen LogP contribution in [0.25, 0.3) is 11.1 Å². The molecule has 3 heterocycles. The van der Waals surface area contributed by atoms with Gasteiger partial charge in [0.1, 0.15) is 11.3 Å². The van der Waals surface area contributed by atoms with Crippen molar-refractivity contribution >= 4 is 34.7 Å². The largest absolute Gasteiger partial charge is 0.422 e. The van der Waals surface area contributed by atoms with Crippen LogP contribution < -0.4 is 5.32 Å². The fourth-order valence-corrected chi connectivity index (χ4v) is 2.86. The molecule has 1 aliphatic heterocycles. The number of halogens is 1. The van der Waals surface area contributed by atoms with Crippen molar-refractivity contribution in [3.8, 4) is 0 Å². The molecule has 3 aromatic rings. The number of oxazole rings is 1. The van der Waals surface area contributed by atoms with Gasteiger partial charge in [-0.1, -0.05) is 17.7 Å². The van der Waals surface area contributed by atoms with E-state index in [4.69, 9.17) is 16.0 Å². The average Bonchev–Trinajstić information content (AvgIpc) is 3.21. The number of nitrogens with zero attached hydrogens (tertiary/aromatic N) is 4. The maximum absolute atomic E-state index is 6.07. The number of likely N-dealkylation sites (tertiary alicyclic amines) is 1. The van der Waals surface area contributed by atoms with Gasteiger partial charge < -0.3 is 9.40 Å². The van der Waals surface area contributed by atoms with Crippen molar-refractivity contribution in [3.63, 3.8) is 0 Å². The molecular weight excluding hydrogens is 304 g/mol. The number of aromatic nitrogens is 4. The minimum atomic E-state index is 0.340. The first kappa shape index (κ1) is 13.5. The zero-order valence-electron chi connectivity index (χ0n) is 11.8. The van der Waals surface area contributed by atoms with E-state index >= 15 is 0 Å². The van der Waals surface area contributed by atoms with Gasteiger partial charge in [-0.05, 0) is 38.1 Å². The lowest BCUT2D eigenvalue weighted by molar-refractivity contribution is 0.323. The number of anilines is 2. The monoisotopic (exact) mass is 318 g/mol. The van der Waals surface area contributed by atoms with Crippen LogP contribution in [0.15, 0.2) is 22.6 Å². The van der Waals surface area contributed by atoms with E-state index in [1.807, 2.05) is 12.1 Å². The molecule has 8 heteroatoms. The Bertz CT molecular complexity index is 792. The summed E-state index contributed by atoms with van der Waals surface area (Å²) in [5, 5.41) is 11.7. The van der Waals surface area contributed by atoms with Crippen LogP contribution in [0.5, 0.6) is 0 Å². The Morgan fingerprint density at radius 2 is 2.14 bits per heavy atom. The molecule has 0 unspecified atom stereocenters. The van der Waals surface area contributed by atoms with Gasteiger partial charge in [0.25, 0.3) is 0 Å². The molecule has 114 valence electrons. The van der Waals surface area contributed by atoms with E-state index in [-0.39, 0.29) is 0 Å². The lowest BCUT2D eigenvalue weighted by Gasteiger charge is -2.11. The van der Waals surface area contributed by atoms with Gasteiger partial charge >= 0.3 is 6.01 Å². The molecule has 0 saturated carbocycles. The molecule has 1 saturated heterocycles. The van der Waals surface area contributed by atoms with E-state index in [1.165, 1.54) is 12.8 Å². The van der Waals surface area contributed by atoms with Crippen LogP contribution in [0.1, 0.15) is 18.7 Å². The summed E-state index contributed by atoms with van der Waals surface area (Å²) in [5.41, 5.74) is 1.26. The van der Waals surface area contributed by atoms with Gasteiger partial charge in [-0.3, -0.25) is 10.2 Å². The highest BCUT2D eigenvalue weighted by Gasteiger charge is 2.15. The molecule has 0 aliphatic carbocycles. The number of rotatable bonds is 4. The Labute approximate surface area is 131 Å². The number of aromatic amines is 1. The minimum absolute atomic E-state index is 0.340. The normalized spacial score (nSPS) is 15.7. The highest BCUT2D eigenvalue weighted by atomic mass is 35.5. The number of hydrogen-bond acceptors (Lipinski definition) is 6.